The lowest BCUT2D eigenvalue weighted by Gasteiger charge is -2.13. The number of rotatable bonds is 4. The van der Waals surface area contributed by atoms with Crippen molar-refractivity contribution in [3.63, 3.8) is 0 Å². The molecule has 1 aliphatic heterocycles. The Hall–Kier alpha value is -3.02. The SMILES string of the molecule is Cc1ccc(OCC(=O)Nc2ccc3c(c2)OCO3)c2c1C(C)CC2=O. The van der Waals surface area contributed by atoms with Gasteiger partial charge in [0.15, 0.2) is 23.9 Å². The minimum atomic E-state index is -0.309. The van der Waals surface area contributed by atoms with Crippen molar-refractivity contribution >= 4 is 17.4 Å². The number of carbonyl (C=O) groups excluding carboxylic acids is 2. The van der Waals surface area contributed by atoms with E-state index in [0.717, 1.165) is 11.1 Å². The summed E-state index contributed by atoms with van der Waals surface area (Å²) in [5.74, 6) is 1.67. The Morgan fingerprint density at radius 2 is 2.04 bits per heavy atom. The molecule has 1 heterocycles. The highest BCUT2D eigenvalue weighted by Gasteiger charge is 2.31. The molecule has 26 heavy (non-hydrogen) atoms. The molecule has 0 saturated carbocycles. The third-order valence-corrected chi connectivity index (χ3v) is 4.70. The second-order valence-electron chi connectivity index (χ2n) is 6.60. The summed E-state index contributed by atoms with van der Waals surface area (Å²) in [4.78, 5) is 24.5. The Bertz CT molecular complexity index is 905. The molecule has 1 amide bonds. The number of benzene rings is 2. The van der Waals surface area contributed by atoms with Crippen LogP contribution in [0.2, 0.25) is 0 Å². The number of nitrogens with one attached hydrogen (secondary N) is 1. The van der Waals surface area contributed by atoms with Crippen LogP contribution in [-0.2, 0) is 4.79 Å². The van der Waals surface area contributed by atoms with Gasteiger partial charge in [-0.1, -0.05) is 13.0 Å². The summed E-state index contributed by atoms with van der Waals surface area (Å²) in [5.41, 5.74) is 3.33. The molecule has 2 aromatic rings. The lowest BCUT2D eigenvalue weighted by molar-refractivity contribution is -0.118. The third-order valence-electron chi connectivity index (χ3n) is 4.70. The topological polar surface area (TPSA) is 73.9 Å². The van der Waals surface area contributed by atoms with Crippen molar-refractivity contribution in [1.82, 2.24) is 0 Å². The van der Waals surface area contributed by atoms with Crippen LogP contribution in [-0.4, -0.2) is 25.1 Å². The van der Waals surface area contributed by atoms with E-state index in [-0.39, 0.29) is 31.0 Å². The standard InChI is InChI=1S/C20H19NO5/c1-11-3-5-16(20-14(22)7-12(2)19(11)20)24-9-18(23)21-13-4-6-15-17(8-13)26-10-25-15/h3-6,8,12H,7,9-10H2,1-2H3,(H,21,23). The number of hydrogen-bond acceptors (Lipinski definition) is 5. The second-order valence-corrected chi connectivity index (χ2v) is 6.60. The third kappa shape index (κ3) is 2.87. The predicted octanol–water partition coefficient (Wildman–Crippen LogP) is 3.43. The van der Waals surface area contributed by atoms with Crippen molar-refractivity contribution < 1.29 is 23.8 Å². The number of aryl methyl sites for hydroxylation is 1. The molecule has 1 unspecified atom stereocenters. The van der Waals surface area contributed by atoms with Crippen molar-refractivity contribution in [3.05, 3.63) is 47.0 Å². The number of fused-ring (bicyclic) bond motifs is 2. The van der Waals surface area contributed by atoms with Crippen LogP contribution in [0.5, 0.6) is 17.2 Å². The summed E-state index contributed by atoms with van der Waals surface area (Å²) in [5, 5.41) is 2.76. The van der Waals surface area contributed by atoms with Gasteiger partial charge in [0.05, 0.1) is 5.56 Å². The molecular weight excluding hydrogens is 334 g/mol. The smallest absolute Gasteiger partial charge is 0.262 e. The number of ketones is 1. The van der Waals surface area contributed by atoms with Gasteiger partial charge in [-0.25, -0.2) is 0 Å². The Morgan fingerprint density at radius 1 is 1.23 bits per heavy atom. The molecule has 1 N–H and O–H groups in total. The lowest BCUT2D eigenvalue weighted by Crippen LogP contribution is -2.20. The fourth-order valence-corrected chi connectivity index (χ4v) is 3.54. The van der Waals surface area contributed by atoms with Gasteiger partial charge >= 0.3 is 0 Å². The van der Waals surface area contributed by atoms with Crippen LogP contribution in [0.3, 0.4) is 0 Å². The van der Waals surface area contributed by atoms with Crippen LogP contribution in [0, 0.1) is 6.92 Å². The molecule has 6 nitrogen and oxygen atoms in total. The molecule has 0 spiro atoms. The van der Waals surface area contributed by atoms with Gasteiger partial charge in [0.1, 0.15) is 5.75 Å². The molecule has 2 aromatic carbocycles. The van der Waals surface area contributed by atoms with Crippen LogP contribution in [0.4, 0.5) is 5.69 Å². The Morgan fingerprint density at radius 3 is 2.88 bits per heavy atom. The second kappa shape index (κ2) is 6.37. The lowest BCUT2D eigenvalue weighted by atomic mass is 9.97. The summed E-state index contributed by atoms with van der Waals surface area (Å²) in [6, 6.07) is 8.87. The van der Waals surface area contributed by atoms with Gasteiger partial charge in [-0.15, -0.1) is 0 Å². The normalized spacial score (nSPS) is 17.2. The highest BCUT2D eigenvalue weighted by atomic mass is 16.7. The molecule has 1 aliphatic carbocycles. The van der Waals surface area contributed by atoms with E-state index in [9.17, 15) is 9.59 Å². The van der Waals surface area contributed by atoms with Crippen LogP contribution < -0.4 is 19.5 Å². The fraction of sp³-hybridized carbons (Fsp3) is 0.300. The van der Waals surface area contributed by atoms with Gasteiger partial charge in [0.25, 0.3) is 5.91 Å². The van der Waals surface area contributed by atoms with E-state index >= 15 is 0 Å². The summed E-state index contributed by atoms with van der Waals surface area (Å²) in [7, 11) is 0. The number of Topliss-reactive ketones (excluding diaryl/α,β-unsaturated/α-hetero) is 1. The minimum absolute atomic E-state index is 0.0716. The molecule has 2 aliphatic rings. The molecule has 4 rings (SSSR count). The molecule has 0 bridgehead atoms. The molecule has 0 radical (unpaired) electrons. The molecule has 134 valence electrons. The van der Waals surface area contributed by atoms with Gasteiger partial charge in [-0.05, 0) is 42.2 Å². The zero-order valence-electron chi connectivity index (χ0n) is 14.6. The van der Waals surface area contributed by atoms with Gasteiger partial charge in [0.2, 0.25) is 6.79 Å². The van der Waals surface area contributed by atoms with Crippen molar-refractivity contribution in [3.8, 4) is 17.2 Å². The van der Waals surface area contributed by atoms with Crippen LogP contribution in [0.1, 0.15) is 40.7 Å². The van der Waals surface area contributed by atoms with Gasteiger partial charge < -0.3 is 19.5 Å². The van der Waals surface area contributed by atoms with E-state index < -0.39 is 0 Å². The number of ether oxygens (including phenoxy) is 3. The Labute approximate surface area is 151 Å². The number of hydrogen-bond donors (Lipinski definition) is 1. The molecular formula is C20H19NO5. The highest BCUT2D eigenvalue weighted by molar-refractivity contribution is 6.04. The van der Waals surface area contributed by atoms with E-state index in [1.807, 2.05) is 19.9 Å². The van der Waals surface area contributed by atoms with E-state index in [4.69, 9.17) is 14.2 Å². The average Bonchev–Trinajstić information content (AvgIpc) is 3.19. The van der Waals surface area contributed by atoms with E-state index in [1.54, 1.807) is 24.3 Å². The first-order valence-electron chi connectivity index (χ1n) is 8.52. The first-order chi connectivity index (χ1) is 12.5. The summed E-state index contributed by atoms with van der Waals surface area (Å²) in [6.45, 7) is 4.03. The van der Waals surface area contributed by atoms with Gasteiger partial charge in [-0.3, -0.25) is 9.59 Å². The maximum Gasteiger partial charge on any atom is 0.262 e. The maximum absolute atomic E-state index is 12.3. The predicted molar refractivity (Wildman–Crippen MR) is 95.2 cm³/mol. The van der Waals surface area contributed by atoms with Crippen molar-refractivity contribution in [1.29, 1.82) is 0 Å². The van der Waals surface area contributed by atoms with E-state index in [0.29, 0.717) is 34.9 Å². The van der Waals surface area contributed by atoms with Crippen molar-refractivity contribution in [2.45, 2.75) is 26.2 Å². The zero-order chi connectivity index (χ0) is 18.3. The first-order valence-corrected chi connectivity index (χ1v) is 8.52. The Balaban J connectivity index is 1.45. The first kappa shape index (κ1) is 16.4. The number of anilines is 1. The fourth-order valence-electron chi connectivity index (χ4n) is 3.54. The van der Waals surface area contributed by atoms with Crippen molar-refractivity contribution in [2.75, 3.05) is 18.7 Å². The Kier molecular flexibility index (Phi) is 4.03. The van der Waals surface area contributed by atoms with Gasteiger partial charge in [-0.2, -0.15) is 0 Å². The summed E-state index contributed by atoms with van der Waals surface area (Å²) in [6.07, 6.45) is 0.486. The van der Waals surface area contributed by atoms with Gasteiger partial charge in [0, 0.05) is 18.2 Å². The average molecular weight is 353 g/mol. The molecule has 1 atom stereocenters. The molecule has 0 fully saturated rings. The quantitative estimate of drug-likeness (QED) is 0.911. The summed E-state index contributed by atoms with van der Waals surface area (Å²) >= 11 is 0. The number of carbonyl (C=O) groups is 2. The molecule has 6 heteroatoms. The van der Waals surface area contributed by atoms with E-state index in [1.165, 1.54) is 0 Å². The van der Waals surface area contributed by atoms with Crippen molar-refractivity contribution in [2.24, 2.45) is 0 Å². The monoisotopic (exact) mass is 353 g/mol. The summed E-state index contributed by atoms with van der Waals surface area (Å²) < 4.78 is 16.2. The number of amides is 1. The minimum Gasteiger partial charge on any atom is -0.483 e. The largest absolute Gasteiger partial charge is 0.483 e. The molecule has 0 aromatic heterocycles. The zero-order valence-corrected chi connectivity index (χ0v) is 14.6. The molecule has 0 saturated heterocycles. The van der Waals surface area contributed by atoms with E-state index in [2.05, 4.69) is 5.32 Å². The van der Waals surface area contributed by atoms with Crippen LogP contribution in [0.15, 0.2) is 30.3 Å². The van der Waals surface area contributed by atoms with Crippen LogP contribution in [0.25, 0.3) is 0 Å². The van der Waals surface area contributed by atoms with Crippen LogP contribution >= 0.6 is 0 Å². The highest BCUT2D eigenvalue weighted by Crippen LogP contribution is 2.40. The maximum atomic E-state index is 12.3.